The number of anilines is 3. The molecule has 0 unspecified atom stereocenters. The lowest BCUT2D eigenvalue weighted by molar-refractivity contribution is -0.134. The van der Waals surface area contributed by atoms with Gasteiger partial charge in [-0.05, 0) is 37.8 Å². The summed E-state index contributed by atoms with van der Waals surface area (Å²) in [6, 6.07) is 8.06. The number of nitrogens with one attached hydrogen (secondary N) is 2. The van der Waals surface area contributed by atoms with Crippen molar-refractivity contribution >= 4 is 23.4 Å². The standard InChI is InChI=1S/C17H20N4O2/c1-10-4-3-5-11(2)16(10)20-14-8-13(12-6-7-12)19-17(21-14)18-9-15(22)23/h3-5,8,12H,6-7,9H2,1-2H3,(H,22,23)(H2,18,19,20,21). The second-order valence-electron chi connectivity index (χ2n) is 5.92. The Balaban J connectivity index is 1.89. The molecule has 6 nitrogen and oxygen atoms in total. The largest absolute Gasteiger partial charge is 0.480 e. The van der Waals surface area contributed by atoms with E-state index in [4.69, 9.17) is 5.11 Å². The van der Waals surface area contributed by atoms with Crippen molar-refractivity contribution < 1.29 is 9.90 Å². The van der Waals surface area contributed by atoms with Gasteiger partial charge in [-0.3, -0.25) is 4.79 Å². The molecule has 3 N–H and O–H groups in total. The fourth-order valence-electron chi connectivity index (χ4n) is 2.49. The minimum absolute atomic E-state index is 0.197. The molecule has 0 spiro atoms. The van der Waals surface area contributed by atoms with Crippen LogP contribution in [0.4, 0.5) is 17.5 Å². The Hall–Kier alpha value is -2.63. The van der Waals surface area contributed by atoms with E-state index >= 15 is 0 Å². The highest BCUT2D eigenvalue weighted by Crippen LogP contribution is 2.40. The first-order valence-electron chi connectivity index (χ1n) is 7.71. The van der Waals surface area contributed by atoms with Crippen LogP contribution in [0.25, 0.3) is 0 Å². The van der Waals surface area contributed by atoms with Gasteiger partial charge in [0.15, 0.2) is 0 Å². The number of nitrogens with zero attached hydrogens (tertiary/aromatic N) is 2. The average molecular weight is 312 g/mol. The van der Waals surface area contributed by atoms with Crippen molar-refractivity contribution in [3.63, 3.8) is 0 Å². The zero-order valence-corrected chi connectivity index (χ0v) is 13.3. The van der Waals surface area contributed by atoms with Crippen molar-refractivity contribution in [1.29, 1.82) is 0 Å². The van der Waals surface area contributed by atoms with Crippen molar-refractivity contribution in [3.05, 3.63) is 41.1 Å². The number of hydrogen-bond donors (Lipinski definition) is 3. The quantitative estimate of drug-likeness (QED) is 0.759. The van der Waals surface area contributed by atoms with Crippen LogP contribution in [-0.4, -0.2) is 27.6 Å². The molecular weight excluding hydrogens is 292 g/mol. The van der Waals surface area contributed by atoms with Gasteiger partial charge in [0.1, 0.15) is 12.4 Å². The van der Waals surface area contributed by atoms with E-state index in [0.29, 0.717) is 17.7 Å². The van der Waals surface area contributed by atoms with Gasteiger partial charge in [-0.2, -0.15) is 4.98 Å². The van der Waals surface area contributed by atoms with Crippen LogP contribution in [0.15, 0.2) is 24.3 Å². The molecule has 0 aliphatic heterocycles. The third-order valence-corrected chi connectivity index (χ3v) is 3.87. The number of aliphatic carboxylic acids is 1. The van der Waals surface area contributed by atoms with E-state index in [0.717, 1.165) is 35.3 Å². The van der Waals surface area contributed by atoms with Gasteiger partial charge in [-0.1, -0.05) is 18.2 Å². The van der Waals surface area contributed by atoms with E-state index in [1.807, 2.05) is 38.1 Å². The molecule has 0 amide bonds. The molecule has 1 aromatic heterocycles. The Labute approximate surface area is 135 Å². The molecule has 0 bridgehead atoms. The molecule has 1 aliphatic carbocycles. The molecule has 2 aromatic rings. The molecule has 120 valence electrons. The Morgan fingerprint density at radius 3 is 2.57 bits per heavy atom. The number of carboxylic acids is 1. The average Bonchev–Trinajstić information content (AvgIpc) is 3.34. The summed E-state index contributed by atoms with van der Waals surface area (Å²) in [7, 11) is 0. The van der Waals surface area contributed by atoms with E-state index in [1.165, 1.54) is 0 Å². The Bertz CT molecular complexity index is 721. The van der Waals surface area contributed by atoms with E-state index in [-0.39, 0.29) is 6.54 Å². The number of rotatable bonds is 6. The zero-order valence-electron chi connectivity index (χ0n) is 13.3. The van der Waals surface area contributed by atoms with Gasteiger partial charge < -0.3 is 15.7 Å². The van der Waals surface area contributed by atoms with Crippen LogP contribution in [0.2, 0.25) is 0 Å². The minimum atomic E-state index is -0.935. The van der Waals surface area contributed by atoms with E-state index in [1.54, 1.807) is 0 Å². The summed E-state index contributed by atoms with van der Waals surface area (Å²) in [6.07, 6.45) is 2.25. The molecule has 1 fully saturated rings. The van der Waals surface area contributed by atoms with Crippen LogP contribution in [0.5, 0.6) is 0 Å². The molecule has 0 saturated heterocycles. The minimum Gasteiger partial charge on any atom is -0.480 e. The smallest absolute Gasteiger partial charge is 0.322 e. The number of aromatic nitrogens is 2. The molecule has 23 heavy (non-hydrogen) atoms. The lowest BCUT2D eigenvalue weighted by Gasteiger charge is -2.14. The third-order valence-electron chi connectivity index (χ3n) is 3.87. The van der Waals surface area contributed by atoms with Crippen molar-refractivity contribution in [2.24, 2.45) is 0 Å². The number of benzene rings is 1. The Morgan fingerprint density at radius 1 is 1.26 bits per heavy atom. The number of aryl methyl sites for hydroxylation is 2. The van der Waals surface area contributed by atoms with Gasteiger partial charge in [0.25, 0.3) is 0 Å². The molecule has 1 saturated carbocycles. The normalized spacial score (nSPS) is 13.7. The lowest BCUT2D eigenvalue weighted by atomic mass is 10.1. The van der Waals surface area contributed by atoms with Gasteiger partial charge in [0.2, 0.25) is 5.95 Å². The Morgan fingerprint density at radius 2 is 1.96 bits per heavy atom. The summed E-state index contributed by atoms with van der Waals surface area (Å²) in [6.45, 7) is 3.89. The third kappa shape index (κ3) is 3.77. The fraction of sp³-hybridized carbons (Fsp3) is 0.353. The maximum Gasteiger partial charge on any atom is 0.322 e. The highest BCUT2D eigenvalue weighted by Gasteiger charge is 2.26. The predicted octanol–water partition coefficient (Wildman–Crippen LogP) is 3.21. The van der Waals surface area contributed by atoms with Gasteiger partial charge in [0.05, 0.1) is 5.69 Å². The molecular formula is C17H20N4O2. The number of para-hydroxylation sites is 1. The van der Waals surface area contributed by atoms with Crippen molar-refractivity contribution in [2.75, 3.05) is 17.2 Å². The van der Waals surface area contributed by atoms with Gasteiger partial charge in [-0.25, -0.2) is 4.98 Å². The van der Waals surface area contributed by atoms with Gasteiger partial charge in [-0.15, -0.1) is 0 Å². The van der Waals surface area contributed by atoms with E-state index in [9.17, 15) is 4.79 Å². The summed E-state index contributed by atoms with van der Waals surface area (Å²) in [4.78, 5) is 19.6. The highest BCUT2D eigenvalue weighted by molar-refractivity contribution is 5.72. The van der Waals surface area contributed by atoms with Crippen LogP contribution in [-0.2, 0) is 4.79 Å². The number of carboxylic acid groups (broad SMARTS) is 1. The predicted molar refractivity (Wildman–Crippen MR) is 89.3 cm³/mol. The van der Waals surface area contributed by atoms with Crippen LogP contribution < -0.4 is 10.6 Å². The second-order valence-corrected chi connectivity index (χ2v) is 5.92. The first-order valence-corrected chi connectivity index (χ1v) is 7.71. The molecule has 0 atom stereocenters. The molecule has 1 aliphatic rings. The highest BCUT2D eigenvalue weighted by atomic mass is 16.4. The van der Waals surface area contributed by atoms with Crippen molar-refractivity contribution in [3.8, 4) is 0 Å². The monoisotopic (exact) mass is 312 g/mol. The molecule has 6 heteroatoms. The maximum atomic E-state index is 10.7. The molecule has 3 rings (SSSR count). The first-order chi connectivity index (χ1) is 11.0. The summed E-state index contributed by atoms with van der Waals surface area (Å²) in [5.74, 6) is 0.564. The maximum absolute atomic E-state index is 10.7. The van der Waals surface area contributed by atoms with Crippen molar-refractivity contribution in [2.45, 2.75) is 32.6 Å². The van der Waals surface area contributed by atoms with Crippen LogP contribution in [0.3, 0.4) is 0 Å². The molecule has 0 radical (unpaired) electrons. The molecule has 1 heterocycles. The van der Waals surface area contributed by atoms with Crippen LogP contribution >= 0.6 is 0 Å². The second kappa shape index (κ2) is 6.24. The zero-order chi connectivity index (χ0) is 16.4. The number of hydrogen-bond acceptors (Lipinski definition) is 5. The van der Waals surface area contributed by atoms with Crippen LogP contribution in [0.1, 0.15) is 35.6 Å². The summed E-state index contributed by atoms with van der Waals surface area (Å²) >= 11 is 0. The fourth-order valence-corrected chi connectivity index (χ4v) is 2.49. The summed E-state index contributed by atoms with van der Waals surface area (Å²) < 4.78 is 0. The van der Waals surface area contributed by atoms with Gasteiger partial charge >= 0.3 is 5.97 Å². The van der Waals surface area contributed by atoms with Crippen LogP contribution in [0, 0.1) is 13.8 Å². The SMILES string of the molecule is Cc1cccc(C)c1Nc1cc(C2CC2)nc(NCC(=O)O)n1. The van der Waals surface area contributed by atoms with Crippen molar-refractivity contribution in [1.82, 2.24) is 9.97 Å². The van der Waals surface area contributed by atoms with Gasteiger partial charge in [0, 0.05) is 17.7 Å². The topological polar surface area (TPSA) is 87.1 Å². The lowest BCUT2D eigenvalue weighted by Crippen LogP contribution is -2.15. The summed E-state index contributed by atoms with van der Waals surface area (Å²) in [5, 5.41) is 14.9. The Kier molecular flexibility index (Phi) is 4.14. The molecule has 1 aromatic carbocycles. The number of carbonyl (C=O) groups is 1. The van der Waals surface area contributed by atoms with E-state index < -0.39 is 5.97 Å². The summed E-state index contributed by atoms with van der Waals surface area (Å²) in [5.41, 5.74) is 4.26. The first kappa shape index (κ1) is 15.3. The van der Waals surface area contributed by atoms with E-state index in [2.05, 4.69) is 20.6 Å².